The van der Waals surface area contributed by atoms with Crippen molar-refractivity contribution >= 4 is 11.8 Å². The van der Waals surface area contributed by atoms with Crippen LogP contribution in [0.4, 0.5) is 16.2 Å². The molecule has 124 valence electrons. The van der Waals surface area contributed by atoms with Gasteiger partial charge in [-0.3, -0.25) is 0 Å². The summed E-state index contributed by atoms with van der Waals surface area (Å²) in [6.07, 6.45) is 4.36. The van der Waals surface area contributed by atoms with Gasteiger partial charge < -0.3 is 9.80 Å². The van der Waals surface area contributed by atoms with Crippen molar-refractivity contribution in [2.45, 2.75) is 19.8 Å². The largest absolute Gasteiger partial charge is 0.352 e. The van der Waals surface area contributed by atoms with Crippen LogP contribution in [0.5, 0.6) is 0 Å². The van der Waals surface area contributed by atoms with Gasteiger partial charge in [-0.1, -0.05) is 6.92 Å². The molecule has 8 heteroatoms. The molecule has 0 aromatic carbocycles. The Morgan fingerprint density at radius 1 is 1.17 bits per heavy atom. The number of hydrogen-bond acceptors (Lipinski definition) is 7. The lowest BCUT2D eigenvalue weighted by atomic mass is 10.3. The van der Waals surface area contributed by atoms with E-state index >= 15 is 0 Å². The van der Waals surface area contributed by atoms with Gasteiger partial charge in [-0.25, -0.2) is 24.3 Å². The topological polar surface area (TPSA) is 81.8 Å². The van der Waals surface area contributed by atoms with E-state index in [4.69, 9.17) is 5.26 Å². The molecule has 24 heavy (non-hydrogen) atoms. The number of nitrogens with zero attached hydrogens (tertiary/aromatic N) is 7. The number of aromatic nitrogens is 4. The molecule has 0 radical (unpaired) electrons. The van der Waals surface area contributed by atoms with E-state index < -0.39 is 0 Å². The average Bonchev–Trinajstić information content (AvgIpc) is 2.88. The van der Waals surface area contributed by atoms with Crippen molar-refractivity contribution in [3.05, 3.63) is 35.8 Å². The third-order valence-corrected chi connectivity index (χ3v) is 4.01. The molecule has 0 bridgehead atoms. The molecule has 3 rings (SSSR count). The van der Waals surface area contributed by atoms with E-state index in [9.17, 15) is 4.39 Å². The number of nitriles is 1. The average molecular weight is 327 g/mol. The first-order chi connectivity index (χ1) is 11.7. The lowest BCUT2D eigenvalue weighted by Crippen LogP contribution is -2.32. The third-order valence-electron chi connectivity index (χ3n) is 4.01. The Labute approximate surface area is 139 Å². The molecule has 7 nitrogen and oxygen atoms in total. The Balaban J connectivity index is 1.77. The molecule has 0 spiro atoms. The van der Waals surface area contributed by atoms with Crippen LogP contribution in [0.2, 0.25) is 0 Å². The summed E-state index contributed by atoms with van der Waals surface area (Å²) in [5.41, 5.74) is 0.779. The van der Waals surface area contributed by atoms with Crippen molar-refractivity contribution < 1.29 is 4.39 Å². The van der Waals surface area contributed by atoms with Crippen molar-refractivity contribution in [3.8, 4) is 6.07 Å². The summed E-state index contributed by atoms with van der Waals surface area (Å²) in [6, 6.07) is 3.60. The second-order valence-electron chi connectivity index (χ2n) is 5.49. The predicted octanol–water partition coefficient (Wildman–Crippen LogP) is 1.56. The van der Waals surface area contributed by atoms with Gasteiger partial charge in [-0.05, 0) is 18.9 Å². The second-order valence-corrected chi connectivity index (χ2v) is 5.49. The third kappa shape index (κ3) is 3.25. The molecule has 1 aliphatic heterocycles. The molecule has 0 amide bonds. The van der Waals surface area contributed by atoms with Gasteiger partial charge in [-0.15, -0.1) is 0 Å². The summed E-state index contributed by atoms with van der Waals surface area (Å²) < 4.78 is 14.5. The van der Waals surface area contributed by atoms with E-state index in [2.05, 4.69) is 19.9 Å². The molecular formula is C16H18FN7. The molecule has 1 saturated heterocycles. The van der Waals surface area contributed by atoms with E-state index in [0.717, 1.165) is 13.0 Å². The minimum absolute atomic E-state index is 0.337. The SMILES string of the molecule is CCc1ncnc(N2CCCN(c3nccc(C#N)n3)CC2)c1F. The van der Waals surface area contributed by atoms with E-state index in [1.54, 1.807) is 12.3 Å². The normalized spacial score (nSPS) is 15.0. The summed E-state index contributed by atoms with van der Waals surface area (Å²) in [6.45, 7) is 4.57. The van der Waals surface area contributed by atoms with E-state index in [1.165, 1.54) is 6.33 Å². The quantitative estimate of drug-likeness (QED) is 0.846. The fourth-order valence-corrected chi connectivity index (χ4v) is 2.75. The van der Waals surface area contributed by atoms with Crippen molar-refractivity contribution in [3.63, 3.8) is 0 Å². The van der Waals surface area contributed by atoms with E-state index in [1.807, 2.05) is 22.8 Å². The Hall–Kier alpha value is -2.82. The Morgan fingerprint density at radius 3 is 2.75 bits per heavy atom. The lowest BCUT2D eigenvalue weighted by Gasteiger charge is -2.23. The highest BCUT2D eigenvalue weighted by atomic mass is 19.1. The molecule has 0 saturated carbocycles. The van der Waals surface area contributed by atoms with Crippen LogP contribution in [-0.4, -0.2) is 46.1 Å². The Morgan fingerprint density at radius 2 is 1.96 bits per heavy atom. The zero-order valence-corrected chi connectivity index (χ0v) is 13.5. The van der Waals surface area contributed by atoms with Crippen LogP contribution in [0.3, 0.4) is 0 Å². The number of rotatable bonds is 3. The van der Waals surface area contributed by atoms with Gasteiger partial charge in [0.2, 0.25) is 5.95 Å². The maximum atomic E-state index is 14.5. The minimum atomic E-state index is -0.337. The first-order valence-electron chi connectivity index (χ1n) is 7.95. The standard InChI is InChI=1S/C16H18FN7/c1-2-13-14(17)15(21-11-20-13)23-6-3-7-24(9-8-23)16-19-5-4-12(10-18)22-16/h4-5,11H,2-3,6-9H2,1H3. The van der Waals surface area contributed by atoms with Crippen LogP contribution < -0.4 is 9.80 Å². The molecule has 0 N–H and O–H groups in total. The van der Waals surface area contributed by atoms with Crippen molar-refractivity contribution in [2.75, 3.05) is 36.0 Å². The summed E-state index contributed by atoms with van der Waals surface area (Å²) in [5.74, 6) is 0.555. The molecular weight excluding hydrogens is 309 g/mol. The van der Waals surface area contributed by atoms with E-state index in [0.29, 0.717) is 49.2 Å². The molecule has 0 aliphatic carbocycles. The van der Waals surface area contributed by atoms with Gasteiger partial charge >= 0.3 is 0 Å². The molecule has 3 heterocycles. The van der Waals surface area contributed by atoms with Crippen molar-refractivity contribution in [1.29, 1.82) is 5.26 Å². The fourth-order valence-electron chi connectivity index (χ4n) is 2.75. The van der Waals surface area contributed by atoms with Gasteiger partial charge in [0.05, 0.1) is 5.69 Å². The van der Waals surface area contributed by atoms with Gasteiger partial charge in [0.15, 0.2) is 11.6 Å². The maximum Gasteiger partial charge on any atom is 0.226 e. The number of anilines is 2. The highest BCUT2D eigenvalue weighted by Gasteiger charge is 2.21. The maximum absolute atomic E-state index is 14.5. The Kier molecular flexibility index (Phi) is 4.79. The van der Waals surface area contributed by atoms with Crippen LogP contribution >= 0.6 is 0 Å². The van der Waals surface area contributed by atoms with E-state index in [-0.39, 0.29) is 5.82 Å². The molecule has 2 aromatic rings. The Bertz CT molecular complexity index is 758. The van der Waals surface area contributed by atoms with Crippen LogP contribution in [0.1, 0.15) is 24.7 Å². The van der Waals surface area contributed by atoms with Gasteiger partial charge in [0.1, 0.15) is 18.1 Å². The number of hydrogen-bond donors (Lipinski definition) is 0. The minimum Gasteiger partial charge on any atom is -0.352 e. The smallest absolute Gasteiger partial charge is 0.226 e. The van der Waals surface area contributed by atoms with Gasteiger partial charge in [0.25, 0.3) is 0 Å². The predicted molar refractivity (Wildman–Crippen MR) is 87.2 cm³/mol. The van der Waals surface area contributed by atoms with Crippen LogP contribution in [0.25, 0.3) is 0 Å². The first-order valence-corrected chi connectivity index (χ1v) is 7.95. The fraction of sp³-hybridized carbons (Fsp3) is 0.438. The summed E-state index contributed by atoms with van der Waals surface area (Å²) in [7, 11) is 0. The highest BCUT2D eigenvalue weighted by molar-refractivity contribution is 5.43. The zero-order chi connectivity index (χ0) is 16.9. The van der Waals surface area contributed by atoms with Crippen LogP contribution in [0, 0.1) is 17.1 Å². The number of halogens is 1. The molecule has 2 aromatic heterocycles. The summed E-state index contributed by atoms with van der Waals surface area (Å²) >= 11 is 0. The van der Waals surface area contributed by atoms with Crippen molar-refractivity contribution in [2.24, 2.45) is 0 Å². The van der Waals surface area contributed by atoms with Crippen molar-refractivity contribution in [1.82, 2.24) is 19.9 Å². The molecule has 1 aliphatic rings. The zero-order valence-electron chi connectivity index (χ0n) is 13.5. The first kappa shape index (κ1) is 16.1. The van der Waals surface area contributed by atoms with Crippen LogP contribution in [-0.2, 0) is 6.42 Å². The lowest BCUT2D eigenvalue weighted by molar-refractivity contribution is 0.584. The monoisotopic (exact) mass is 327 g/mol. The molecule has 1 fully saturated rings. The second kappa shape index (κ2) is 7.17. The summed E-state index contributed by atoms with van der Waals surface area (Å²) in [5, 5.41) is 8.96. The van der Waals surface area contributed by atoms with Gasteiger partial charge in [0, 0.05) is 32.4 Å². The van der Waals surface area contributed by atoms with Crippen LogP contribution in [0.15, 0.2) is 18.6 Å². The van der Waals surface area contributed by atoms with Gasteiger partial charge in [-0.2, -0.15) is 5.26 Å². The summed E-state index contributed by atoms with van der Waals surface area (Å²) in [4.78, 5) is 20.5. The molecule has 0 atom stereocenters. The molecule has 0 unspecified atom stereocenters. The number of aryl methyl sites for hydroxylation is 1. The highest BCUT2D eigenvalue weighted by Crippen LogP contribution is 2.21.